The SMILES string of the molecule is Cn1cc(C(=O)Nc2cc(C(=O)Nc3cc(S(=O)(=O)[O-])cc4cc(S(=O)(=O)[O-])ccc34)cn2C)cc1NC(=O)Nc1cc(C(=O)Nc2cc(C(=O)Nc3cc(S(=O)(=O)[O-])cc4cc(S(=O)(=O)[O-])ccc34)cn2C)cn1C. The van der Waals surface area contributed by atoms with E-state index < -0.39 is 89.7 Å². The number of anilines is 6. The molecule has 6 N–H and O–H groups in total. The Balaban J connectivity index is 0.895. The summed E-state index contributed by atoms with van der Waals surface area (Å²) < 4.78 is 147. The first-order valence-electron chi connectivity index (χ1n) is 21.3. The largest absolute Gasteiger partial charge is 0.744 e. The van der Waals surface area contributed by atoms with E-state index in [1.165, 1.54) is 95.5 Å². The zero-order valence-electron chi connectivity index (χ0n) is 39.3. The molecular weight excluding hydrogens is 1080 g/mol. The Morgan fingerprint density at radius 3 is 0.908 bits per heavy atom. The Kier molecular flexibility index (Phi) is 13.8. The Bertz CT molecular complexity index is 4010. The van der Waals surface area contributed by atoms with Gasteiger partial charge >= 0.3 is 6.03 Å². The number of aryl methyl sites for hydroxylation is 4. The summed E-state index contributed by atoms with van der Waals surface area (Å²) in [5.74, 6) is -2.54. The van der Waals surface area contributed by atoms with Gasteiger partial charge in [0, 0.05) is 63.8 Å². The van der Waals surface area contributed by atoms with Crippen LogP contribution in [0.5, 0.6) is 0 Å². The van der Waals surface area contributed by atoms with E-state index in [4.69, 9.17) is 0 Å². The highest BCUT2D eigenvalue weighted by atomic mass is 32.2. The maximum Gasteiger partial charge on any atom is 0.325 e. The second-order valence-corrected chi connectivity index (χ2v) is 22.3. The predicted molar refractivity (Wildman–Crippen MR) is 266 cm³/mol. The van der Waals surface area contributed by atoms with Crippen LogP contribution in [0.2, 0.25) is 0 Å². The van der Waals surface area contributed by atoms with Gasteiger partial charge in [0.1, 0.15) is 63.7 Å². The number of urea groups is 1. The zero-order chi connectivity index (χ0) is 55.6. The molecule has 0 bridgehead atoms. The standard InChI is InChI=1S/C45H40N10O17S4/c1-52-19-25(41(56)46-35-17-31(75(67,68)69)11-23-9-29(73(61,62)63)5-7-33(23)35)13-37(52)48-43(58)27-15-39(54(3)21-27)50-45(60)51-40-16-28(22-55(40)4)44(59)49-38-14-26(20-53(38)2)42(57)47-36-18-32(76(70,71)72)12-24-10-30(74(64,65)66)6-8-34(24)36/h5-22H,1-4H3,(H,46,56)(H,47,57)(H,48,58)(H,49,59)(H2,50,51,60)(H,61,62,63)(H,64,65,66)(H,67,68,69)(H,70,71,72)/p-4. The molecule has 4 heterocycles. The summed E-state index contributed by atoms with van der Waals surface area (Å²) in [6.45, 7) is 0. The summed E-state index contributed by atoms with van der Waals surface area (Å²) >= 11 is 0. The van der Waals surface area contributed by atoms with Crippen molar-refractivity contribution in [1.82, 2.24) is 18.3 Å². The molecule has 76 heavy (non-hydrogen) atoms. The van der Waals surface area contributed by atoms with E-state index in [9.17, 15) is 75.9 Å². The van der Waals surface area contributed by atoms with Gasteiger partial charge in [-0.1, -0.05) is 12.1 Å². The summed E-state index contributed by atoms with van der Waals surface area (Å²) in [6.07, 6.45) is 5.42. The summed E-state index contributed by atoms with van der Waals surface area (Å²) in [4.78, 5) is 63.8. The van der Waals surface area contributed by atoms with Gasteiger partial charge in [-0.15, -0.1) is 0 Å². The highest BCUT2D eigenvalue weighted by Gasteiger charge is 2.22. The van der Waals surface area contributed by atoms with Crippen molar-refractivity contribution >= 4 is 126 Å². The summed E-state index contributed by atoms with van der Waals surface area (Å²) in [7, 11) is -14.1. The van der Waals surface area contributed by atoms with Gasteiger partial charge in [-0.2, -0.15) is 0 Å². The summed E-state index contributed by atoms with van der Waals surface area (Å²) in [5.41, 5.74) is -0.398. The zero-order valence-corrected chi connectivity index (χ0v) is 42.5. The van der Waals surface area contributed by atoms with Crippen molar-refractivity contribution in [2.24, 2.45) is 28.2 Å². The number of aromatic nitrogens is 4. The minimum atomic E-state index is -5.12. The molecule has 0 saturated carbocycles. The summed E-state index contributed by atoms with van der Waals surface area (Å²) in [5, 5.41) is 15.3. The Labute approximate surface area is 430 Å². The van der Waals surface area contributed by atoms with Crippen molar-refractivity contribution < 1.29 is 75.9 Å². The molecule has 4 aromatic carbocycles. The van der Waals surface area contributed by atoms with Crippen molar-refractivity contribution in [2.75, 3.05) is 31.9 Å². The van der Waals surface area contributed by atoms with E-state index in [0.717, 1.165) is 60.7 Å². The minimum Gasteiger partial charge on any atom is -0.744 e. The first kappa shape index (κ1) is 53.6. The second kappa shape index (κ2) is 19.5. The molecule has 8 aromatic rings. The average Bonchev–Trinajstić information content (AvgIpc) is 4.10. The van der Waals surface area contributed by atoms with Crippen molar-refractivity contribution in [3.63, 3.8) is 0 Å². The molecule has 0 aliphatic carbocycles. The number of nitrogens with zero attached hydrogens (tertiary/aromatic N) is 4. The molecule has 0 atom stereocenters. The van der Waals surface area contributed by atoms with Crippen LogP contribution < -0.4 is 31.9 Å². The number of fused-ring (bicyclic) bond motifs is 2. The first-order valence-corrected chi connectivity index (χ1v) is 26.9. The molecule has 6 amide bonds. The number of carbonyl (C=O) groups excluding carboxylic acids is 5. The van der Waals surface area contributed by atoms with Gasteiger partial charge in [0.2, 0.25) is 0 Å². The third kappa shape index (κ3) is 11.5. The summed E-state index contributed by atoms with van der Waals surface area (Å²) in [6, 6.07) is 13.8. The smallest absolute Gasteiger partial charge is 0.325 e. The lowest BCUT2D eigenvalue weighted by atomic mass is 10.1. The maximum atomic E-state index is 13.4. The van der Waals surface area contributed by atoms with E-state index >= 15 is 0 Å². The molecule has 0 unspecified atom stereocenters. The third-order valence-electron chi connectivity index (χ3n) is 11.5. The van der Waals surface area contributed by atoms with Crippen LogP contribution in [0.15, 0.2) is 129 Å². The van der Waals surface area contributed by atoms with Crippen LogP contribution in [0.25, 0.3) is 21.5 Å². The number of carbonyl (C=O) groups is 5. The molecular formula is C45H36N10O17S4-4. The molecule has 27 nitrogen and oxygen atoms in total. The minimum absolute atomic E-state index is 0.0499. The van der Waals surface area contributed by atoms with Crippen LogP contribution in [0.1, 0.15) is 41.4 Å². The lowest BCUT2D eigenvalue weighted by Crippen LogP contribution is -2.22. The molecule has 8 rings (SSSR count). The normalized spacial score (nSPS) is 12.1. The number of rotatable bonds is 14. The van der Waals surface area contributed by atoms with Gasteiger partial charge < -0.3 is 57.7 Å². The van der Waals surface area contributed by atoms with E-state index in [1.54, 1.807) is 0 Å². The second-order valence-electron chi connectivity index (χ2n) is 16.8. The van der Waals surface area contributed by atoms with Crippen LogP contribution in [0, 0.1) is 0 Å². The number of nitrogens with one attached hydrogen (secondary N) is 6. The Morgan fingerprint density at radius 1 is 0.355 bits per heavy atom. The predicted octanol–water partition coefficient (Wildman–Crippen LogP) is 3.62. The van der Waals surface area contributed by atoms with Crippen LogP contribution in [-0.4, -0.2) is 99.8 Å². The fraction of sp³-hybridized carbons (Fsp3) is 0.0889. The first-order chi connectivity index (χ1) is 35.3. The van der Waals surface area contributed by atoms with Gasteiger partial charge in [0.25, 0.3) is 23.6 Å². The van der Waals surface area contributed by atoms with E-state index in [2.05, 4.69) is 31.9 Å². The monoisotopic (exact) mass is 1120 g/mol. The van der Waals surface area contributed by atoms with Crippen molar-refractivity contribution in [2.45, 2.75) is 19.6 Å². The molecule has 0 saturated heterocycles. The molecule has 0 aliphatic heterocycles. The quantitative estimate of drug-likeness (QED) is 0.0847. The van der Waals surface area contributed by atoms with E-state index in [1.807, 2.05) is 0 Å². The van der Waals surface area contributed by atoms with E-state index in [-0.39, 0.29) is 78.4 Å². The molecule has 0 radical (unpaired) electrons. The molecule has 0 spiro atoms. The number of hydrogen-bond donors (Lipinski definition) is 6. The lowest BCUT2D eigenvalue weighted by Gasteiger charge is -2.15. The van der Waals surface area contributed by atoms with Crippen LogP contribution >= 0.6 is 0 Å². The third-order valence-corrected chi connectivity index (χ3v) is 14.8. The van der Waals surface area contributed by atoms with Gasteiger partial charge in [0.05, 0.1) is 53.2 Å². The van der Waals surface area contributed by atoms with Crippen LogP contribution in [0.3, 0.4) is 0 Å². The molecule has 0 fully saturated rings. The number of hydrogen-bond acceptors (Lipinski definition) is 17. The highest BCUT2D eigenvalue weighted by Crippen LogP contribution is 2.33. The van der Waals surface area contributed by atoms with Crippen molar-refractivity contribution in [3.8, 4) is 0 Å². The van der Waals surface area contributed by atoms with Crippen LogP contribution in [0.4, 0.5) is 39.4 Å². The average molecular weight is 1120 g/mol. The molecule has 4 aromatic heterocycles. The van der Waals surface area contributed by atoms with E-state index in [0.29, 0.717) is 0 Å². The lowest BCUT2D eigenvalue weighted by molar-refractivity contribution is 0.101. The maximum absolute atomic E-state index is 13.4. The van der Waals surface area contributed by atoms with Gasteiger partial charge in [0.15, 0.2) is 0 Å². The van der Waals surface area contributed by atoms with Crippen LogP contribution in [-0.2, 0) is 68.7 Å². The topological polar surface area (TPSA) is 406 Å². The van der Waals surface area contributed by atoms with Crippen molar-refractivity contribution in [3.05, 3.63) is 132 Å². The van der Waals surface area contributed by atoms with Gasteiger partial charge in [-0.3, -0.25) is 29.8 Å². The van der Waals surface area contributed by atoms with Crippen molar-refractivity contribution in [1.29, 1.82) is 0 Å². The number of benzene rings is 4. The van der Waals surface area contributed by atoms with Gasteiger partial charge in [-0.05, 0) is 83.6 Å². The molecule has 396 valence electrons. The fourth-order valence-electron chi connectivity index (χ4n) is 7.73. The molecule has 31 heteroatoms. The molecule has 0 aliphatic rings. The Hall–Kier alpha value is -8.69. The van der Waals surface area contributed by atoms with Gasteiger partial charge in [-0.25, -0.2) is 38.5 Å². The number of amides is 6. The fourth-order valence-corrected chi connectivity index (χ4v) is 9.81. The highest BCUT2D eigenvalue weighted by molar-refractivity contribution is 7.86. The Morgan fingerprint density at radius 2 is 0.618 bits per heavy atom.